The first kappa shape index (κ1) is 9.10. The summed E-state index contributed by atoms with van der Waals surface area (Å²) < 4.78 is 0. The fourth-order valence-electron chi connectivity index (χ4n) is 1.29. The minimum Gasteiger partial charge on any atom is -0.503 e. The van der Waals surface area contributed by atoms with Crippen LogP contribution in [0.5, 0.6) is 0 Å². The molecule has 0 radical (unpaired) electrons. The van der Waals surface area contributed by atoms with Crippen molar-refractivity contribution < 1.29 is 9.90 Å². The van der Waals surface area contributed by atoms with Crippen LogP contribution in [-0.4, -0.2) is 17.1 Å². The van der Waals surface area contributed by atoms with Crippen molar-refractivity contribution in [3.8, 4) is 0 Å². The number of nitrogens with one attached hydrogen (secondary N) is 1. The molecule has 0 aromatic carbocycles. The Morgan fingerprint density at radius 3 is 3.00 bits per heavy atom. The van der Waals surface area contributed by atoms with E-state index in [2.05, 4.69) is 19.2 Å². The zero-order valence-corrected chi connectivity index (χ0v) is 7.50. The molecule has 1 aliphatic rings. The third-order valence-electron chi connectivity index (χ3n) is 2.45. The molecule has 1 rings (SSSR count). The molecule has 0 bridgehead atoms. The largest absolute Gasteiger partial charge is 0.503 e. The molecular weight excluding hydrogens is 154 g/mol. The van der Waals surface area contributed by atoms with Gasteiger partial charge in [-0.15, -0.1) is 0 Å². The second-order valence-electron chi connectivity index (χ2n) is 3.29. The summed E-state index contributed by atoms with van der Waals surface area (Å²) in [5, 5.41) is 11.8. The molecular formula is C9H15NO2. The summed E-state index contributed by atoms with van der Waals surface area (Å²) in [4.78, 5) is 11.0. The van der Waals surface area contributed by atoms with Gasteiger partial charge in [-0.05, 0) is 18.4 Å². The number of carbonyl (C=O) groups excluding carboxylic acids is 1. The van der Waals surface area contributed by atoms with E-state index in [1.807, 2.05) is 0 Å². The van der Waals surface area contributed by atoms with E-state index >= 15 is 0 Å². The summed E-state index contributed by atoms with van der Waals surface area (Å²) in [7, 11) is 0. The van der Waals surface area contributed by atoms with Crippen LogP contribution in [0.25, 0.3) is 0 Å². The molecule has 0 aromatic heterocycles. The summed E-state index contributed by atoms with van der Waals surface area (Å²) in [6.45, 7) is 4.19. The summed E-state index contributed by atoms with van der Waals surface area (Å²) in [6.07, 6.45) is 3.38. The summed E-state index contributed by atoms with van der Waals surface area (Å²) in [5.74, 6) is -0.0144. The molecule has 12 heavy (non-hydrogen) atoms. The van der Waals surface area contributed by atoms with E-state index in [0.29, 0.717) is 5.92 Å². The monoisotopic (exact) mass is 169 g/mol. The Hall–Kier alpha value is -0.990. The third kappa shape index (κ3) is 1.78. The first-order chi connectivity index (χ1) is 5.65. The van der Waals surface area contributed by atoms with E-state index in [9.17, 15) is 4.79 Å². The maximum atomic E-state index is 11.0. The highest BCUT2D eigenvalue weighted by atomic mass is 16.3. The third-order valence-corrected chi connectivity index (χ3v) is 2.45. The predicted octanol–water partition coefficient (Wildman–Crippen LogP) is 1.36. The van der Waals surface area contributed by atoms with Crippen LogP contribution in [0.4, 0.5) is 0 Å². The van der Waals surface area contributed by atoms with Gasteiger partial charge in [-0.3, -0.25) is 4.79 Å². The molecule has 3 heteroatoms. The van der Waals surface area contributed by atoms with Crippen molar-refractivity contribution in [1.82, 2.24) is 5.32 Å². The minimum atomic E-state index is -0.341. The molecule has 0 spiro atoms. The van der Waals surface area contributed by atoms with Crippen LogP contribution in [-0.2, 0) is 4.79 Å². The van der Waals surface area contributed by atoms with Crippen molar-refractivity contribution in [3.63, 3.8) is 0 Å². The number of hydrogen-bond acceptors (Lipinski definition) is 2. The number of rotatable bonds is 2. The second kappa shape index (κ2) is 3.61. The average molecular weight is 169 g/mol. The number of amides is 1. The summed E-state index contributed by atoms with van der Waals surface area (Å²) in [6, 6.07) is 0.193. The van der Waals surface area contributed by atoms with Crippen LogP contribution in [0.2, 0.25) is 0 Å². The average Bonchev–Trinajstić information content (AvgIpc) is 2.08. The van der Waals surface area contributed by atoms with Crippen molar-refractivity contribution >= 4 is 5.91 Å². The molecule has 0 saturated carbocycles. The normalized spacial score (nSPS) is 26.0. The van der Waals surface area contributed by atoms with E-state index < -0.39 is 0 Å². The van der Waals surface area contributed by atoms with Gasteiger partial charge in [0.25, 0.3) is 5.91 Å². The lowest BCUT2D eigenvalue weighted by atomic mass is 9.94. The molecule has 0 saturated heterocycles. The number of hydrogen-bond donors (Lipinski definition) is 2. The Bertz CT molecular complexity index is 211. The maximum absolute atomic E-state index is 11.0. The zero-order valence-electron chi connectivity index (χ0n) is 7.50. The molecule has 1 aliphatic heterocycles. The van der Waals surface area contributed by atoms with E-state index in [0.717, 1.165) is 12.8 Å². The molecule has 1 amide bonds. The Labute approximate surface area is 72.5 Å². The van der Waals surface area contributed by atoms with Crippen LogP contribution in [0.1, 0.15) is 26.7 Å². The Morgan fingerprint density at radius 2 is 2.50 bits per heavy atom. The lowest BCUT2D eigenvalue weighted by molar-refractivity contribution is -0.121. The van der Waals surface area contributed by atoms with Gasteiger partial charge in [0.15, 0.2) is 5.76 Å². The molecule has 2 unspecified atom stereocenters. The van der Waals surface area contributed by atoms with Crippen molar-refractivity contribution in [2.24, 2.45) is 5.92 Å². The van der Waals surface area contributed by atoms with Gasteiger partial charge in [0.2, 0.25) is 0 Å². The molecule has 1 heterocycles. The standard InChI is InChI=1S/C9H15NO2/c1-3-6(2)7-4-5-8(11)9(12)10-7/h5-7,11H,3-4H2,1-2H3,(H,10,12). The van der Waals surface area contributed by atoms with Gasteiger partial charge in [-0.25, -0.2) is 0 Å². The predicted molar refractivity (Wildman–Crippen MR) is 46.7 cm³/mol. The van der Waals surface area contributed by atoms with E-state index in [-0.39, 0.29) is 17.7 Å². The Kier molecular flexibility index (Phi) is 2.74. The van der Waals surface area contributed by atoms with Gasteiger partial charge in [0.1, 0.15) is 0 Å². The lowest BCUT2D eigenvalue weighted by Crippen LogP contribution is -2.42. The van der Waals surface area contributed by atoms with Crippen molar-refractivity contribution in [3.05, 3.63) is 11.8 Å². The SMILES string of the molecule is CCC(C)C1CC=C(O)C(=O)N1. The van der Waals surface area contributed by atoms with Crippen molar-refractivity contribution in [2.45, 2.75) is 32.7 Å². The molecule has 2 atom stereocenters. The van der Waals surface area contributed by atoms with Gasteiger partial charge in [0.05, 0.1) is 0 Å². The first-order valence-corrected chi connectivity index (χ1v) is 4.35. The highest BCUT2D eigenvalue weighted by molar-refractivity contribution is 5.91. The zero-order chi connectivity index (χ0) is 9.14. The van der Waals surface area contributed by atoms with Crippen LogP contribution >= 0.6 is 0 Å². The van der Waals surface area contributed by atoms with Gasteiger partial charge in [0, 0.05) is 6.04 Å². The quantitative estimate of drug-likeness (QED) is 0.655. The Morgan fingerprint density at radius 1 is 1.83 bits per heavy atom. The second-order valence-corrected chi connectivity index (χ2v) is 3.29. The van der Waals surface area contributed by atoms with E-state index in [4.69, 9.17) is 5.11 Å². The van der Waals surface area contributed by atoms with Crippen molar-refractivity contribution in [1.29, 1.82) is 0 Å². The molecule has 0 fully saturated rings. The van der Waals surface area contributed by atoms with Crippen LogP contribution in [0.15, 0.2) is 11.8 Å². The van der Waals surface area contributed by atoms with Gasteiger partial charge in [-0.2, -0.15) is 0 Å². The molecule has 2 N–H and O–H groups in total. The lowest BCUT2D eigenvalue weighted by Gasteiger charge is -2.25. The van der Waals surface area contributed by atoms with Gasteiger partial charge < -0.3 is 10.4 Å². The van der Waals surface area contributed by atoms with E-state index in [1.165, 1.54) is 0 Å². The fourth-order valence-corrected chi connectivity index (χ4v) is 1.29. The highest BCUT2D eigenvalue weighted by Crippen LogP contribution is 2.15. The van der Waals surface area contributed by atoms with Crippen LogP contribution in [0.3, 0.4) is 0 Å². The molecule has 0 aromatic rings. The fraction of sp³-hybridized carbons (Fsp3) is 0.667. The Balaban J connectivity index is 2.59. The van der Waals surface area contributed by atoms with Crippen molar-refractivity contribution in [2.75, 3.05) is 0 Å². The maximum Gasteiger partial charge on any atom is 0.286 e. The van der Waals surface area contributed by atoms with Crippen LogP contribution in [0, 0.1) is 5.92 Å². The smallest absolute Gasteiger partial charge is 0.286 e. The first-order valence-electron chi connectivity index (χ1n) is 4.35. The number of aliphatic hydroxyl groups is 1. The minimum absolute atomic E-state index is 0.144. The summed E-state index contributed by atoms with van der Waals surface area (Å²) in [5.41, 5.74) is 0. The molecule has 0 aliphatic carbocycles. The number of carbonyl (C=O) groups is 1. The van der Waals surface area contributed by atoms with Gasteiger partial charge >= 0.3 is 0 Å². The molecule has 68 valence electrons. The topological polar surface area (TPSA) is 49.3 Å². The highest BCUT2D eigenvalue weighted by Gasteiger charge is 2.23. The number of aliphatic hydroxyl groups excluding tert-OH is 1. The van der Waals surface area contributed by atoms with Gasteiger partial charge in [-0.1, -0.05) is 20.3 Å². The summed E-state index contributed by atoms with van der Waals surface area (Å²) >= 11 is 0. The molecule has 3 nitrogen and oxygen atoms in total. The van der Waals surface area contributed by atoms with Crippen LogP contribution < -0.4 is 5.32 Å². The van der Waals surface area contributed by atoms with E-state index in [1.54, 1.807) is 6.08 Å².